The number of ether oxygens (including phenoxy) is 2. The molecule has 152 valence electrons. The van der Waals surface area contributed by atoms with E-state index in [-0.39, 0.29) is 23.3 Å². The number of likely N-dealkylation sites (tertiary alicyclic amines) is 1. The summed E-state index contributed by atoms with van der Waals surface area (Å²) in [5, 5.41) is 3.16. The van der Waals surface area contributed by atoms with Crippen LogP contribution in [0.3, 0.4) is 0 Å². The second-order valence-electron chi connectivity index (χ2n) is 7.82. The van der Waals surface area contributed by atoms with E-state index in [1.54, 1.807) is 32.4 Å². The van der Waals surface area contributed by atoms with E-state index < -0.39 is 0 Å². The van der Waals surface area contributed by atoms with E-state index in [1.807, 2.05) is 35.2 Å². The van der Waals surface area contributed by atoms with Crippen molar-refractivity contribution < 1.29 is 19.1 Å². The zero-order valence-corrected chi connectivity index (χ0v) is 16.8. The van der Waals surface area contributed by atoms with E-state index in [1.165, 1.54) is 0 Å². The van der Waals surface area contributed by atoms with Gasteiger partial charge in [0.05, 0.1) is 19.8 Å². The van der Waals surface area contributed by atoms with Gasteiger partial charge in [0.15, 0.2) is 0 Å². The van der Waals surface area contributed by atoms with Gasteiger partial charge in [-0.15, -0.1) is 0 Å². The molecular formula is C23H26N2O4. The summed E-state index contributed by atoms with van der Waals surface area (Å²) in [5.74, 6) is 1.14. The highest BCUT2D eigenvalue weighted by Crippen LogP contribution is 2.54. The van der Waals surface area contributed by atoms with Gasteiger partial charge in [-0.3, -0.25) is 9.59 Å². The van der Waals surface area contributed by atoms with Gasteiger partial charge in [-0.2, -0.15) is 0 Å². The fourth-order valence-corrected chi connectivity index (χ4v) is 4.24. The second-order valence-corrected chi connectivity index (χ2v) is 7.82. The lowest BCUT2D eigenvalue weighted by molar-refractivity contribution is 0.0664. The maximum Gasteiger partial charge on any atom is 0.257 e. The first-order chi connectivity index (χ1) is 14.1. The zero-order chi connectivity index (χ0) is 20.4. The summed E-state index contributed by atoms with van der Waals surface area (Å²) in [7, 11) is 3.14. The average Bonchev–Trinajstić information content (AvgIpc) is 3.44. The summed E-state index contributed by atoms with van der Waals surface area (Å²) < 4.78 is 10.6. The van der Waals surface area contributed by atoms with Gasteiger partial charge in [0, 0.05) is 30.8 Å². The third-order valence-electron chi connectivity index (χ3n) is 6.22. The van der Waals surface area contributed by atoms with Crippen LogP contribution in [0.5, 0.6) is 11.5 Å². The summed E-state index contributed by atoms with van der Waals surface area (Å²) in [5.41, 5.74) is 1.37. The third-order valence-corrected chi connectivity index (χ3v) is 6.22. The predicted molar refractivity (Wildman–Crippen MR) is 109 cm³/mol. The highest BCUT2D eigenvalue weighted by Gasteiger charge is 2.56. The topological polar surface area (TPSA) is 67.9 Å². The molecule has 2 fully saturated rings. The molecule has 2 aromatic carbocycles. The van der Waals surface area contributed by atoms with E-state index in [9.17, 15) is 9.59 Å². The van der Waals surface area contributed by atoms with Crippen molar-refractivity contribution in [2.24, 2.45) is 5.41 Å². The number of nitrogens with one attached hydrogen (secondary N) is 1. The molecule has 1 spiro atoms. The van der Waals surface area contributed by atoms with Crippen LogP contribution in [0.4, 0.5) is 0 Å². The van der Waals surface area contributed by atoms with Crippen molar-refractivity contribution in [2.75, 3.05) is 27.3 Å². The highest BCUT2D eigenvalue weighted by atomic mass is 16.5. The molecule has 1 heterocycles. The number of amides is 2. The molecule has 1 saturated heterocycles. The first-order valence-corrected chi connectivity index (χ1v) is 9.93. The first-order valence-electron chi connectivity index (χ1n) is 9.93. The van der Waals surface area contributed by atoms with E-state index in [4.69, 9.17) is 9.47 Å². The maximum atomic E-state index is 13.0. The molecular weight excluding hydrogens is 368 g/mol. The van der Waals surface area contributed by atoms with Gasteiger partial charge in [-0.1, -0.05) is 18.2 Å². The Hall–Kier alpha value is -3.02. The fourth-order valence-electron chi connectivity index (χ4n) is 4.24. The summed E-state index contributed by atoms with van der Waals surface area (Å²) in [6, 6.07) is 14.8. The Morgan fingerprint density at radius 3 is 2.41 bits per heavy atom. The Balaban J connectivity index is 1.35. The number of carbonyl (C=O) groups is 2. The molecule has 1 atom stereocenters. The summed E-state index contributed by atoms with van der Waals surface area (Å²) in [4.78, 5) is 27.3. The van der Waals surface area contributed by atoms with Gasteiger partial charge >= 0.3 is 0 Å². The lowest BCUT2D eigenvalue weighted by atomic mass is 9.92. The smallest absolute Gasteiger partial charge is 0.257 e. The largest absolute Gasteiger partial charge is 0.497 e. The molecule has 1 aliphatic heterocycles. The Labute approximate surface area is 170 Å². The fraction of sp³-hybridized carbons (Fsp3) is 0.391. The van der Waals surface area contributed by atoms with E-state index in [0.29, 0.717) is 35.7 Å². The maximum absolute atomic E-state index is 13.0. The first kappa shape index (κ1) is 19.3. The van der Waals surface area contributed by atoms with Gasteiger partial charge in [0.25, 0.3) is 11.8 Å². The summed E-state index contributed by atoms with van der Waals surface area (Å²) in [6.45, 7) is 1.37. The van der Waals surface area contributed by atoms with E-state index >= 15 is 0 Å². The minimum Gasteiger partial charge on any atom is -0.497 e. The van der Waals surface area contributed by atoms with Crippen LogP contribution in [0.15, 0.2) is 48.5 Å². The van der Waals surface area contributed by atoms with Gasteiger partial charge < -0.3 is 19.7 Å². The van der Waals surface area contributed by atoms with Crippen LogP contribution >= 0.6 is 0 Å². The Bertz CT molecular complexity index is 904. The molecule has 1 unspecified atom stereocenters. The van der Waals surface area contributed by atoms with Crippen molar-refractivity contribution in [2.45, 2.75) is 25.3 Å². The molecule has 29 heavy (non-hydrogen) atoms. The minimum absolute atomic E-state index is 0.0195. The molecule has 4 rings (SSSR count). The molecule has 1 N–H and O–H groups in total. The number of hydrogen-bond donors (Lipinski definition) is 1. The molecule has 1 saturated carbocycles. The molecule has 1 aliphatic carbocycles. The van der Waals surface area contributed by atoms with Crippen molar-refractivity contribution in [1.82, 2.24) is 10.2 Å². The number of carbonyl (C=O) groups excluding carboxylic acids is 2. The van der Waals surface area contributed by atoms with Gasteiger partial charge in [-0.25, -0.2) is 0 Å². The Kier molecular flexibility index (Phi) is 5.18. The van der Waals surface area contributed by atoms with Crippen molar-refractivity contribution in [1.29, 1.82) is 0 Å². The van der Waals surface area contributed by atoms with Crippen LogP contribution in [0, 0.1) is 5.41 Å². The van der Waals surface area contributed by atoms with Crippen LogP contribution in [-0.4, -0.2) is 50.1 Å². The van der Waals surface area contributed by atoms with Crippen molar-refractivity contribution >= 4 is 11.8 Å². The van der Waals surface area contributed by atoms with Crippen LogP contribution in [0.2, 0.25) is 0 Å². The van der Waals surface area contributed by atoms with Crippen molar-refractivity contribution in [3.05, 3.63) is 59.7 Å². The number of rotatable bonds is 5. The summed E-state index contributed by atoms with van der Waals surface area (Å²) in [6.07, 6.45) is 2.79. The lowest BCUT2D eigenvalue weighted by Gasteiger charge is -2.33. The SMILES string of the molecule is COc1ccc(C(=O)N2CCC3(CC2)CC3NC(=O)c2ccccc2)c(OC)c1. The number of hydrogen-bond acceptors (Lipinski definition) is 4. The molecule has 0 bridgehead atoms. The normalized spacial score (nSPS) is 19.5. The summed E-state index contributed by atoms with van der Waals surface area (Å²) >= 11 is 0. The Morgan fingerprint density at radius 2 is 1.76 bits per heavy atom. The van der Waals surface area contributed by atoms with E-state index in [2.05, 4.69) is 5.32 Å². The quantitative estimate of drug-likeness (QED) is 0.846. The molecule has 2 amide bonds. The Morgan fingerprint density at radius 1 is 1.03 bits per heavy atom. The molecule has 2 aromatic rings. The molecule has 6 nitrogen and oxygen atoms in total. The number of benzene rings is 2. The molecule has 2 aliphatic rings. The number of piperidine rings is 1. The van der Waals surface area contributed by atoms with Crippen LogP contribution in [-0.2, 0) is 0 Å². The van der Waals surface area contributed by atoms with Crippen LogP contribution < -0.4 is 14.8 Å². The van der Waals surface area contributed by atoms with Crippen molar-refractivity contribution in [3.63, 3.8) is 0 Å². The van der Waals surface area contributed by atoms with Crippen molar-refractivity contribution in [3.8, 4) is 11.5 Å². The number of nitrogens with zero attached hydrogens (tertiary/aromatic N) is 1. The second kappa shape index (κ2) is 7.78. The predicted octanol–water partition coefficient (Wildman–Crippen LogP) is 3.13. The standard InChI is InChI=1S/C23H26N2O4/c1-28-17-8-9-18(19(14-17)29-2)22(27)25-12-10-23(11-13-25)15-20(23)24-21(26)16-6-4-3-5-7-16/h3-9,14,20H,10-13,15H2,1-2H3,(H,24,26). The third kappa shape index (κ3) is 3.79. The van der Waals surface area contributed by atoms with Gasteiger partial charge in [0.1, 0.15) is 11.5 Å². The monoisotopic (exact) mass is 394 g/mol. The average molecular weight is 394 g/mol. The van der Waals surface area contributed by atoms with E-state index in [0.717, 1.165) is 19.3 Å². The molecule has 0 aromatic heterocycles. The molecule has 6 heteroatoms. The van der Waals surface area contributed by atoms with Crippen LogP contribution in [0.25, 0.3) is 0 Å². The highest BCUT2D eigenvalue weighted by molar-refractivity contribution is 5.97. The minimum atomic E-state index is -0.0233. The zero-order valence-electron chi connectivity index (χ0n) is 16.8. The molecule has 0 radical (unpaired) electrons. The van der Waals surface area contributed by atoms with Gasteiger partial charge in [0.2, 0.25) is 0 Å². The lowest BCUT2D eigenvalue weighted by Crippen LogP contribution is -2.41. The van der Waals surface area contributed by atoms with Crippen LogP contribution in [0.1, 0.15) is 40.0 Å². The van der Waals surface area contributed by atoms with Gasteiger partial charge in [-0.05, 0) is 48.9 Å². The number of methoxy groups -OCH3 is 2.